The van der Waals surface area contributed by atoms with Crippen molar-refractivity contribution in [1.82, 2.24) is 0 Å². The normalized spacial score (nSPS) is 11.2. The highest BCUT2D eigenvalue weighted by Gasteiger charge is 2.31. The van der Waals surface area contributed by atoms with E-state index in [1.54, 1.807) is 0 Å². The van der Waals surface area contributed by atoms with Crippen molar-refractivity contribution < 1.29 is 37.3 Å². The highest BCUT2D eigenvalue weighted by atomic mass is 19.4. The number of benzene rings is 1. The number of carbonyl (C=O) groups is 2. The minimum absolute atomic E-state index is 0.0626. The molecule has 0 unspecified atom stereocenters. The van der Waals surface area contributed by atoms with Gasteiger partial charge in [0.05, 0.1) is 0 Å². The van der Waals surface area contributed by atoms with E-state index in [1.165, 1.54) is 0 Å². The maximum atomic E-state index is 12.2. The molecule has 0 aliphatic rings. The third-order valence-corrected chi connectivity index (χ3v) is 3.13. The lowest BCUT2D eigenvalue weighted by Crippen LogP contribution is -2.17. The van der Waals surface area contributed by atoms with E-state index in [2.05, 4.69) is 11.7 Å². The van der Waals surface area contributed by atoms with Gasteiger partial charge in [0.2, 0.25) is 0 Å². The summed E-state index contributed by atoms with van der Waals surface area (Å²) in [6, 6.07) is 2.48. The van der Waals surface area contributed by atoms with Gasteiger partial charge in [-0.05, 0) is 18.6 Å². The Morgan fingerprint density at radius 3 is 2.38 bits per heavy atom. The van der Waals surface area contributed by atoms with Crippen LogP contribution in [0.2, 0.25) is 0 Å². The number of unbranched alkanes of at least 4 members (excludes halogenated alkanes) is 4. The summed E-state index contributed by atoms with van der Waals surface area (Å²) in [5.74, 6) is -3.24. The largest absolute Gasteiger partial charge is 0.573 e. The molecular formula is C16H19F3O5. The number of ether oxygens (including phenoxy) is 2. The van der Waals surface area contributed by atoms with E-state index in [0.717, 1.165) is 43.9 Å². The third kappa shape index (κ3) is 7.34. The molecule has 0 aliphatic carbocycles. The maximum Gasteiger partial charge on any atom is 0.573 e. The molecule has 24 heavy (non-hydrogen) atoms. The van der Waals surface area contributed by atoms with Crippen molar-refractivity contribution in [2.45, 2.75) is 51.8 Å². The van der Waals surface area contributed by atoms with Gasteiger partial charge < -0.3 is 14.6 Å². The number of carbonyl (C=O) groups excluding carboxylic acids is 1. The van der Waals surface area contributed by atoms with Gasteiger partial charge in [-0.25, -0.2) is 4.79 Å². The van der Waals surface area contributed by atoms with Crippen molar-refractivity contribution in [1.29, 1.82) is 0 Å². The number of hydrogen-bond acceptors (Lipinski definition) is 4. The zero-order chi connectivity index (χ0) is 18.2. The molecule has 0 saturated carbocycles. The van der Waals surface area contributed by atoms with Gasteiger partial charge in [-0.15, -0.1) is 13.2 Å². The minimum Gasteiger partial charge on any atom is -0.478 e. The van der Waals surface area contributed by atoms with E-state index in [1.807, 2.05) is 0 Å². The third-order valence-electron chi connectivity index (χ3n) is 3.13. The summed E-state index contributed by atoms with van der Waals surface area (Å²) in [4.78, 5) is 22.8. The number of esters is 1. The zero-order valence-electron chi connectivity index (χ0n) is 13.2. The van der Waals surface area contributed by atoms with Crippen LogP contribution in [0, 0.1) is 0 Å². The first-order valence-corrected chi connectivity index (χ1v) is 7.56. The second-order valence-electron chi connectivity index (χ2n) is 5.15. The Labute approximate surface area is 137 Å². The van der Waals surface area contributed by atoms with Gasteiger partial charge in [0.15, 0.2) is 0 Å². The molecule has 1 N–H and O–H groups in total. The molecule has 1 aromatic rings. The summed E-state index contributed by atoms with van der Waals surface area (Å²) in [7, 11) is 0. The Morgan fingerprint density at radius 2 is 1.79 bits per heavy atom. The quantitative estimate of drug-likeness (QED) is 0.403. The molecule has 0 atom stereocenters. The van der Waals surface area contributed by atoms with E-state index in [4.69, 9.17) is 9.84 Å². The van der Waals surface area contributed by atoms with Gasteiger partial charge >= 0.3 is 18.3 Å². The number of halogens is 3. The van der Waals surface area contributed by atoms with Crippen molar-refractivity contribution in [3.63, 3.8) is 0 Å². The smallest absolute Gasteiger partial charge is 0.478 e. The molecule has 1 rings (SSSR count). The van der Waals surface area contributed by atoms with Gasteiger partial charge in [-0.1, -0.05) is 32.6 Å². The van der Waals surface area contributed by atoms with Crippen LogP contribution < -0.4 is 9.47 Å². The van der Waals surface area contributed by atoms with Gasteiger partial charge in [-0.3, -0.25) is 4.79 Å². The van der Waals surface area contributed by atoms with Crippen molar-refractivity contribution in [2.75, 3.05) is 0 Å². The predicted octanol–water partition coefficient (Wildman–Crippen LogP) is 4.55. The Bertz CT molecular complexity index is 569. The number of carboxylic acids is 1. The van der Waals surface area contributed by atoms with Crippen LogP contribution in [0.5, 0.6) is 11.5 Å². The van der Waals surface area contributed by atoms with Crippen LogP contribution in [-0.4, -0.2) is 23.4 Å². The Kier molecular flexibility index (Phi) is 7.54. The minimum atomic E-state index is -4.93. The molecule has 134 valence electrons. The molecule has 0 aliphatic heterocycles. The van der Waals surface area contributed by atoms with E-state index in [0.29, 0.717) is 6.42 Å². The molecule has 5 nitrogen and oxygen atoms in total. The number of alkyl halides is 3. The molecule has 0 aromatic heterocycles. The van der Waals surface area contributed by atoms with Gasteiger partial charge in [0, 0.05) is 12.5 Å². The standard InChI is InChI=1S/C16H19F3O5/c1-2-3-4-5-6-7-14(20)23-13-10-11(24-16(17,18)19)8-9-12(13)15(21)22/h8-10H,2-7H2,1H3,(H,21,22). The van der Waals surface area contributed by atoms with Crippen molar-refractivity contribution in [2.24, 2.45) is 0 Å². The zero-order valence-corrected chi connectivity index (χ0v) is 13.2. The van der Waals surface area contributed by atoms with E-state index in [-0.39, 0.29) is 6.42 Å². The van der Waals surface area contributed by atoms with Crippen LogP contribution in [0.3, 0.4) is 0 Å². The molecule has 0 radical (unpaired) electrons. The summed E-state index contributed by atoms with van der Waals surface area (Å²) in [6.45, 7) is 2.05. The summed E-state index contributed by atoms with van der Waals surface area (Å²) >= 11 is 0. The molecule has 0 amide bonds. The van der Waals surface area contributed by atoms with Crippen LogP contribution in [0.25, 0.3) is 0 Å². The first-order valence-electron chi connectivity index (χ1n) is 7.56. The fraction of sp³-hybridized carbons (Fsp3) is 0.500. The highest BCUT2D eigenvalue weighted by Crippen LogP contribution is 2.29. The molecule has 8 heteroatoms. The fourth-order valence-corrected chi connectivity index (χ4v) is 2.01. The molecular weight excluding hydrogens is 329 g/mol. The van der Waals surface area contributed by atoms with Crippen molar-refractivity contribution in [3.05, 3.63) is 23.8 Å². The second-order valence-corrected chi connectivity index (χ2v) is 5.15. The summed E-state index contributed by atoms with van der Waals surface area (Å²) in [6.07, 6.45) is -0.392. The van der Waals surface area contributed by atoms with Gasteiger partial charge in [0.25, 0.3) is 0 Å². The van der Waals surface area contributed by atoms with Crippen LogP contribution in [0.15, 0.2) is 18.2 Å². The van der Waals surface area contributed by atoms with Gasteiger partial charge in [-0.2, -0.15) is 0 Å². The summed E-state index contributed by atoms with van der Waals surface area (Å²) in [5.41, 5.74) is -0.413. The van der Waals surface area contributed by atoms with Crippen LogP contribution in [-0.2, 0) is 4.79 Å². The van der Waals surface area contributed by atoms with Gasteiger partial charge in [0.1, 0.15) is 17.1 Å². The highest BCUT2D eigenvalue weighted by molar-refractivity contribution is 5.92. The average molecular weight is 348 g/mol. The SMILES string of the molecule is CCCCCCCC(=O)Oc1cc(OC(F)(F)F)ccc1C(=O)O. The lowest BCUT2D eigenvalue weighted by molar-refractivity contribution is -0.274. The number of carboxylic acid groups (broad SMARTS) is 1. The molecule has 0 heterocycles. The van der Waals surface area contributed by atoms with Crippen molar-refractivity contribution >= 4 is 11.9 Å². The second kappa shape index (κ2) is 9.14. The topological polar surface area (TPSA) is 72.8 Å². The van der Waals surface area contributed by atoms with E-state index < -0.39 is 35.4 Å². The predicted molar refractivity (Wildman–Crippen MR) is 79.1 cm³/mol. The lowest BCUT2D eigenvalue weighted by atomic mass is 10.1. The van der Waals surface area contributed by atoms with Crippen LogP contribution >= 0.6 is 0 Å². The average Bonchev–Trinajstić information content (AvgIpc) is 2.45. The lowest BCUT2D eigenvalue weighted by Gasteiger charge is -2.12. The maximum absolute atomic E-state index is 12.2. The van der Waals surface area contributed by atoms with Crippen molar-refractivity contribution in [3.8, 4) is 11.5 Å². The first kappa shape index (κ1) is 19.8. The Morgan fingerprint density at radius 1 is 1.12 bits per heavy atom. The number of aromatic carboxylic acids is 1. The molecule has 0 spiro atoms. The molecule has 0 bridgehead atoms. The fourth-order valence-electron chi connectivity index (χ4n) is 2.01. The Hall–Kier alpha value is -2.25. The Balaban J connectivity index is 2.74. The van der Waals surface area contributed by atoms with Crippen LogP contribution in [0.4, 0.5) is 13.2 Å². The number of rotatable bonds is 9. The monoisotopic (exact) mass is 348 g/mol. The van der Waals surface area contributed by atoms with E-state index in [9.17, 15) is 22.8 Å². The van der Waals surface area contributed by atoms with Crippen LogP contribution in [0.1, 0.15) is 55.8 Å². The summed E-state index contributed by atoms with van der Waals surface area (Å²) in [5, 5.41) is 9.02. The molecule has 0 fully saturated rings. The first-order chi connectivity index (χ1) is 11.2. The number of hydrogen-bond donors (Lipinski definition) is 1. The molecule has 0 saturated heterocycles. The van der Waals surface area contributed by atoms with E-state index >= 15 is 0 Å². The summed E-state index contributed by atoms with van der Waals surface area (Å²) < 4.78 is 45.3. The molecule has 1 aromatic carbocycles.